The first-order chi connectivity index (χ1) is 12.1. The minimum atomic E-state index is 0.208. The van der Waals surface area contributed by atoms with Gasteiger partial charge in [0.1, 0.15) is 0 Å². The highest BCUT2D eigenvalue weighted by Gasteiger charge is 2.21. The number of carbonyl (C=O) groups excluding carboxylic acids is 1. The van der Waals surface area contributed by atoms with Crippen LogP contribution in [0.1, 0.15) is 49.3 Å². The fourth-order valence-corrected chi connectivity index (χ4v) is 3.64. The summed E-state index contributed by atoms with van der Waals surface area (Å²) in [5.74, 6) is 0.673. The smallest absolute Gasteiger partial charge is 0.228 e. The number of benzene rings is 2. The molecule has 0 spiro atoms. The zero-order valence-electron chi connectivity index (χ0n) is 15.5. The third-order valence-corrected chi connectivity index (χ3v) is 4.98. The van der Waals surface area contributed by atoms with Gasteiger partial charge in [-0.15, -0.1) is 0 Å². The van der Waals surface area contributed by atoms with Crippen LogP contribution in [0.3, 0.4) is 0 Å². The second kappa shape index (κ2) is 7.73. The first-order valence-corrected chi connectivity index (χ1v) is 9.29. The molecule has 1 aliphatic heterocycles. The van der Waals surface area contributed by atoms with Crippen molar-refractivity contribution in [2.45, 2.75) is 46.0 Å². The summed E-state index contributed by atoms with van der Waals surface area (Å²) in [7, 11) is 0. The van der Waals surface area contributed by atoms with Crippen LogP contribution in [0.4, 0.5) is 11.4 Å². The second-order valence-corrected chi connectivity index (χ2v) is 7.15. The molecule has 2 aromatic rings. The zero-order valence-corrected chi connectivity index (χ0v) is 15.5. The monoisotopic (exact) mass is 336 g/mol. The Labute approximate surface area is 151 Å². The lowest BCUT2D eigenvalue weighted by molar-refractivity contribution is -0.118. The minimum absolute atomic E-state index is 0.208. The maximum Gasteiger partial charge on any atom is 0.228 e. The summed E-state index contributed by atoms with van der Waals surface area (Å²) < 4.78 is 0. The molecule has 0 saturated carbocycles. The molecular formula is C22H28N2O. The molecule has 3 rings (SSSR count). The van der Waals surface area contributed by atoms with Crippen LogP contribution in [-0.2, 0) is 11.2 Å². The van der Waals surface area contributed by atoms with E-state index in [2.05, 4.69) is 62.5 Å². The van der Waals surface area contributed by atoms with Crippen LogP contribution in [0.25, 0.3) is 0 Å². The first-order valence-electron chi connectivity index (χ1n) is 9.29. The summed E-state index contributed by atoms with van der Waals surface area (Å²) in [6.07, 6.45) is 2.63. The van der Waals surface area contributed by atoms with E-state index in [1.54, 1.807) is 0 Å². The Hall–Kier alpha value is -2.29. The average molecular weight is 336 g/mol. The largest absolute Gasteiger partial charge is 0.384 e. The van der Waals surface area contributed by atoms with Crippen LogP contribution in [-0.4, -0.2) is 19.0 Å². The van der Waals surface area contributed by atoms with E-state index < -0.39 is 0 Å². The van der Waals surface area contributed by atoms with Crippen molar-refractivity contribution in [2.24, 2.45) is 0 Å². The summed E-state index contributed by atoms with van der Waals surface area (Å²) >= 11 is 0. The van der Waals surface area contributed by atoms with Gasteiger partial charge in [-0.25, -0.2) is 0 Å². The Bertz CT molecular complexity index is 751. The molecule has 0 saturated heterocycles. The van der Waals surface area contributed by atoms with Gasteiger partial charge in [0.25, 0.3) is 0 Å². The van der Waals surface area contributed by atoms with Crippen LogP contribution in [0.15, 0.2) is 42.5 Å². The van der Waals surface area contributed by atoms with Gasteiger partial charge in [0.2, 0.25) is 5.91 Å². The van der Waals surface area contributed by atoms with Crippen LogP contribution >= 0.6 is 0 Å². The molecule has 3 heteroatoms. The molecule has 0 unspecified atom stereocenters. The fraction of sp³-hybridized carbons (Fsp3) is 0.409. The lowest BCUT2D eigenvalue weighted by Gasteiger charge is -2.29. The maximum atomic E-state index is 12.7. The Morgan fingerprint density at radius 3 is 2.76 bits per heavy atom. The van der Waals surface area contributed by atoms with Crippen molar-refractivity contribution in [1.82, 2.24) is 0 Å². The number of fused-ring (bicyclic) bond motifs is 1. The number of nitrogens with zero attached hydrogens (tertiary/aromatic N) is 1. The SMILES string of the molecule is Cc1cccc(C(C)C)c1NCCC(=O)N1CCCc2ccccc21. The number of amides is 1. The Balaban J connectivity index is 1.65. The van der Waals surface area contributed by atoms with E-state index in [1.807, 2.05) is 11.0 Å². The number of hydrogen-bond donors (Lipinski definition) is 1. The Morgan fingerprint density at radius 1 is 1.16 bits per heavy atom. The molecule has 0 radical (unpaired) electrons. The summed E-state index contributed by atoms with van der Waals surface area (Å²) in [4.78, 5) is 14.7. The zero-order chi connectivity index (χ0) is 17.8. The molecule has 0 bridgehead atoms. The number of aryl methyl sites for hydroxylation is 2. The lowest BCUT2D eigenvalue weighted by atomic mass is 9.98. The highest BCUT2D eigenvalue weighted by Crippen LogP contribution is 2.29. The van der Waals surface area contributed by atoms with Crippen LogP contribution in [0, 0.1) is 6.92 Å². The van der Waals surface area contributed by atoms with Crippen molar-refractivity contribution < 1.29 is 4.79 Å². The molecule has 25 heavy (non-hydrogen) atoms. The number of carbonyl (C=O) groups is 1. The fourth-order valence-electron chi connectivity index (χ4n) is 3.64. The molecule has 2 aromatic carbocycles. The van der Waals surface area contributed by atoms with Crippen molar-refractivity contribution in [3.8, 4) is 0 Å². The Kier molecular flexibility index (Phi) is 5.42. The van der Waals surface area contributed by atoms with Crippen molar-refractivity contribution in [2.75, 3.05) is 23.3 Å². The van der Waals surface area contributed by atoms with E-state index in [0.29, 0.717) is 18.9 Å². The highest BCUT2D eigenvalue weighted by atomic mass is 16.2. The molecule has 1 heterocycles. The van der Waals surface area contributed by atoms with E-state index in [-0.39, 0.29) is 5.91 Å². The number of para-hydroxylation sites is 2. The molecular weight excluding hydrogens is 308 g/mol. The number of anilines is 2. The van der Waals surface area contributed by atoms with Crippen LogP contribution < -0.4 is 10.2 Å². The number of hydrogen-bond acceptors (Lipinski definition) is 2. The third-order valence-electron chi connectivity index (χ3n) is 4.98. The van der Waals surface area contributed by atoms with Crippen LogP contribution in [0.2, 0.25) is 0 Å². The van der Waals surface area contributed by atoms with E-state index in [4.69, 9.17) is 0 Å². The molecule has 132 valence electrons. The van der Waals surface area contributed by atoms with Gasteiger partial charge in [0, 0.05) is 30.9 Å². The summed E-state index contributed by atoms with van der Waals surface area (Å²) in [6.45, 7) is 8.03. The lowest BCUT2D eigenvalue weighted by Crippen LogP contribution is -2.36. The predicted molar refractivity (Wildman–Crippen MR) is 105 cm³/mol. The van der Waals surface area contributed by atoms with E-state index in [0.717, 1.165) is 25.1 Å². The van der Waals surface area contributed by atoms with Gasteiger partial charge in [0.05, 0.1) is 0 Å². The molecule has 0 fully saturated rings. The minimum Gasteiger partial charge on any atom is -0.384 e. The highest BCUT2D eigenvalue weighted by molar-refractivity contribution is 5.94. The van der Waals surface area contributed by atoms with Gasteiger partial charge >= 0.3 is 0 Å². The second-order valence-electron chi connectivity index (χ2n) is 7.15. The van der Waals surface area contributed by atoms with Crippen LogP contribution in [0.5, 0.6) is 0 Å². The molecule has 0 atom stereocenters. The molecule has 1 amide bonds. The van der Waals surface area contributed by atoms with Crippen molar-refractivity contribution in [3.63, 3.8) is 0 Å². The van der Waals surface area contributed by atoms with Gasteiger partial charge in [-0.3, -0.25) is 4.79 Å². The quantitative estimate of drug-likeness (QED) is 0.842. The standard InChI is InChI=1S/C22H28N2O/c1-16(2)19-11-6-8-17(3)22(19)23-14-13-21(25)24-15-7-10-18-9-4-5-12-20(18)24/h4-6,8-9,11-12,16,23H,7,10,13-15H2,1-3H3. The van der Waals surface area contributed by atoms with Crippen molar-refractivity contribution in [3.05, 3.63) is 59.2 Å². The number of rotatable bonds is 5. The predicted octanol–water partition coefficient (Wildman–Crippen LogP) is 4.90. The first kappa shape index (κ1) is 17.5. The molecule has 0 aliphatic carbocycles. The molecule has 3 nitrogen and oxygen atoms in total. The van der Waals surface area contributed by atoms with Crippen molar-refractivity contribution in [1.29, 1.82) is 0 Å². The topological polar surface area (TPSA) is 32.3 Å². The summed E-state index contributed by atoms with van der Waals surface area (Å²) in [6, 6.07) is 14.7. The van der Waals surface area contributed by atoms with Gasteiger partial charge < -0.3 is 10.2 Å². The molecule has 0 aromatic heterocycles. The maximum absolute atomic E-state index is 12.7. The van der Waals surface area contributed by atoms with Gasteiger partial charge in [-0.05, 0) is 48.4 Å². The summed E-state index contributed by atoms with van der Waals surface area (Å²) in [5.41, 5.74) is 6.12. The van der Waals surface area contributed by atoms with Gasteiger partial charge in [-0.2, -0.15) is 0 Å². The average Bonchev–Trinajstić information content (AvgIpc) is 2.62. The molecule has 1 N–H and O–H groups in total. The van der Waals surface area contributed by atoms with E-state index in [9.17, 15) is 4.79 Å². The third kappa shape index (κ3) is 3.87. The van der Waals surface area contributed by atoms with E-state index in [1.165, 1.54) is 22.4 Å². The normalized spacial score (nSPS) is 13.7. The molecule has 1 aliphatic rings. The number of nitrogens with one attached hydrogen (secondary N) is 1. The van der Waals surface area contributed by atoms with E-state index >= 15 is 0 Å². The van der Waals surface area contributed by atoms with Gasteiger partial charge in [-0.1, -0.05) is 50.2 Å². The van der Waals surface area contributed by atoms with Crippen molar-refractivity contribution >= 4 is 17.3 Å². The van der Waals surface area contributed by atoms with Gasteiger partial charge in [0.15, 0.2) is 0 Å². The Morgan fingerprint density at radius 2 is 1.96 bits per heavy atom. The summed E-state index contributed by atoms with van der Waals surface area (Å²) in [5, 5.41) is 3.51.